The first-order valence-corrected chi connectivity index (χ1v) is 8.57. The Morgan fingerprint density at radius 3 is 2.61 bits per heavy atom. The standard InChI is InChI=1S/C16H13BrCl2N2O2/c1-9-7-21-14(5-3-11(17)15(21)22)16(23)20(9)8-10-2-4-12(18)13(19)6-10/h2-6,9H,7-8H2,1H3. The lowest BCUT2D eigenvalue weighted by atomic mass is 10.1. The van der Waals surface area contributed by atoms with E-state index < -0.39 is 0 Å². The fourth-order valence-corrected chi connectivity index (χ4v) is 3.36. The van der Waals surface area contributed by atoms with Crippen molar-refractivity contribution in [1.82, 2.24) is 9.47 Å². The van der Waals surface area contributed by atoms with Crippen LogP contribution in [0.15, 0.2) is 39.6 Å². The average Bonchev–Trinajstić information content (AvgIpc) is 2.51. The Kier molecular flexibility index (Phi) is 4.54. The van der Waals surface area contributed by atoms with Crippen LogP contribution in [0.3, 0.4) is 0 Å². The second kappa shape index (κ2) is 6.30. The Morgan fingerprint density at radius 2 is 1.91 bits per heavy atom. The number of aromatic nitrogens is 1. The van der Waals surface area contributed by atoms with Gasteiger partial charge in [-0.3, -0.25) is 9.59 Å². The molecule has 1 aliphatic rings. The highest BCUT2D eigenvalue weighted by molar-refractivity contribution is 9.10. The lowest BCUT2D eigenvalue weighted by molar-refractivity contribution is 0.0589. The largest absolute Gasteiger partial charge is 0.329 e. The number of carbonyl (C=O) groups is 1. The van der Waals surface area contributed by atoms with E-state index in [1.165, 1.54) is 4.57 Å². The highest BCUT2D eigenvalue weighted by Crippen LogP contribution is 2.25. The van der Waals surface area contributed by atoms with Crippen molar-refractivity contribution in [2.24, 2.45) is 0 Å². The van der Waals surface area contributed by atoms with Gasteiger partial charge in [0.25, 0.3) is 11.5 Å². The van der Waals surface area contributed by atoms with Crippen molar-refractivity contribution in [2.45, 2.75) is 26.1 Å². The monoisotopic (exact) mass is 414 g/mol. The van der Waals surface area contributed by atoms with Gasteiger partial charge in [0.05, 0.1) is 14.5 Å². The van der Waals surface area contributed by atoms with Crippen LogP contribution in [0.2, 0.25) is 10.0 Å². The number of nitrogens with zero attached hydrogens (tertiary/aromatic N) is 2. The Labute approximate surface area is 151 Å². The SMILES string of the molecule is CC1Cn2c(ccc(Br)c2=O)C(=O)N1Cc1ccc(Cl)c(Cl)c1. The van der Waals surface area contributed by atoms with Crippen molar-refractivity contribution in [3.8, 4) is 0 Å². The highest BCUT2D eigenvalue weighted by Gasteiger charge is 2.30. The summed E-state index contributed by atoms with van der Waals surface area (Å²) >= 11 is 15.2. The summed E-state index contributed by atoms with van der Waals surface area (Å²) in [6.45, 7) is 2.80. The minimum absolute atomic E-state index is 0.101. The lowest BCUT2D eigenvalue weighted by Gasteiger charge is -2.35. The molecule has 0 spiro atoms. The van der Waals surface area contributed by atoms with Gasteiger partial charge in [-0.05, 0) is 52.7 Å². The van der Waals surface area contributed by atoms with E-state index in [0.717, 1.165) is 5.56 Å². The number of amides is 1. The van der Waals surface area contributed by atoms with Gasteiger partial charge in [-0.1, -0.05) is 29.3 Å². The van der Waals surface area contributed by atoms with Gasteiger partial charge in [-0.25, -0.2) is 0 Å². The Balaban J connectivity index is 1.95. The molecule has 0 saturated heterocycles. The van der Waals surface area contributed by atoms with Crippen molar-refractivity contribution in [3.63, 3.8) is 0 Å². The molecule has 2 aromatic rings. The number of benzene rings is 1. The Bertz CT molecular complexity index is 850. The summed E-state index contributed by atoms with van der Waals surface area (Å²) in [5.41, 5.74) is 1.11. The smallest absolute Gasteiger partial charge is 0.271 e. The van der Waals surface area contributed by atoms with Crippen molar-refractivity contribution in [1.29, 1.82) is 0 Å². The van der Waals surface area contributed by atoms with Gasteiger partial charge in [0.15, 0.2) is 0 Å². The number of pyridine rings is 1. The van der Waals surface area contributed by atoms with Crippen LogP contribution in [-0.2, 0) is 13.1 Å². The first-order chi connectivity index (χ1) is 10.9. The number of hydrogen-bond acceptors (Lipinski definition) is 2. The van der Waals surface area contributed by atoms with Crippen molar-refractivity contribution in [2.75, 3.05) is 0 Å². The Morgan fingerprint density at radius 1 is 1.17 bits per heavy atom. The maximum atomic E-state index is 12.7. The van der Waals surface area contributed by atoms with E-state index in [4.69, 9.17) is 23.2 Å². The summed E-state index contributed by atoms with van der Waals surface area (Å²) in [6, 6.07) is 8.50. The molecule has 2 heterocycles. The molecule has 120 valence electrons. The summed E-state index contributed by atoms with van der Waals surface area (Å²) in [5.74, 6) is -0.167. The maximum Gasteiger partial charge on any atom is 0.271 e. The zero-order valence-electron chi connectivity index (χ0n) is 12.2. The van der Waals surface area contributed by atoms with E-state index in [-0.39, 0.29) is 17.5 Å². The zero-order chi connectivity index (χ0) is 16.7. The zero-order valence-corrected chi connectivity index (χ0v) is 15.3. The molecule has 23 heavy (non-hydrogen) atoms. The van der Waals surface area contributed by atoms with E-state index in [9.17, 15) is 9.59 Å². The van der Waals surface area contributed by atoms with E-state index in [1.54, 1.807) is 29.2 Å². The van der Waals surface area contributed by atoms with Crippen LogP contribution in [0, 0.1) is 0 Å². The molecule has 0 fully saturated rings. The number of hydrogen-bond donors (Lipinski definition) is 0. The number of carbonyl (C=O) groups excluding carboxylic acids is 1. The van der Waals surface area contributed by atoms with Crippen LogP contribution in [-0.4, -0.2) is 21.4 Å². The van der Waals surface area contributed by atoms with Gasteiger partial charge in [-0.2, -0.15) is 0 Å². The molecule has 0 aliphatic carbocycles. The third-order valence-corrected chi connectivity index (χ3v) is 5.27. The summed E-state index contributed by atoms with van der Waals surface area (Å²) in [7, 11) is 0. The lowest BCUT2D eigenvalue weighted by Crippen LogP contribution is -2.49. The molecular formula is C16H13BrCl2N2O2. The van der Waals surface area contributed by atoms with Gasteiger partial charge in [0, 0.05) is 19.1 Å². The van der Waals surface area contributed by atoms with Gasteiger partial charge in [0.1, 0.15) is 5.69 Å². The normalized spacial score (nSPS) is 17.3. The topological polar surface area (TPSA) is 42.3 Å². The predicted octanol–water partition coefficient (Wildman–Crippen LogP) is 3.96. The molecule has 0 N–H and O–H groups in total. The van der Waals surface area contributed by atoms with Crippen molar-refractivity contribution >= 4 is 45.0 Å². The molecule has 0 radical (unpaired) electrons. The second-order valence-corrected chi connectivity index (χ2v) is 7.18. The number of rotatable bonds is 2. The summed E-state index contributed by atoms with van der Waals surface area (Å²) in [6.07, 6.45) is 0. The number of halogens is 3. The molecule has 0 bridgehead atoms. The predicted molar refractivity (Wildman–Crippen MR) is 94.2 cm³/mol. The molecule has 1 atom stereocenters. The molecule has 4 nitrogen and oxygen atoms in total. The van der Waals surface area contributed by atoms with Crippen LogP contribution in [0.4, 0.5) is 0 Å². The molecule has 1 amide bonds. The van der Waals surface area contributed by atoms with E-state index in [1.807, 2.05) is 13.0 Å². The maximum absolute atomic E-state index is 12.7. The molecule has 1 unspecified atom stereocenters. The van der Waals surface area contributed by atoms with E-state index in [2.05, 4.69) is 15.9 Å². The minimum atomic E-state index is -0.183. The van der Waals surface area contributed by atoms with Gasteiger partial charge in [-0.15, -0.1) is 0 Å². The van der Waals surface area contributed by atoms with E-state index >= 15 is 0 Å². The number of fused-ring (bicyclic) bond motifs is 1. The van der Waals surface area contributed by atoms with Gasteiger partial charge in [0.2, 0.25) is 0 Å². The van der Waals surface area contributed by atoms with Crippen LogP contribution in [0.1, 0.15) is 23.0 Å². The molecule has 1 aromatic carbocycles. The third-order valence-electron chi connectivity index (χ3n) is 3.92. The minimum Gasteiger partial charge on any atom is -0.329 e. The van der Waals surface area contributed by atoms with Crippen LogP contribution < -0.4 is 5.56 Å². The summed E-state index contributed by atoms with van der Waals surface area (Å²) < 4.78 is 1.97. The molecular weight excluding hydrogens is 403 g/mol. The van der Waals surface area contributed by atoms with E-state index in [0.29, 0.717) is 33.3 Å². The van der Waals surface area contributed by atoms with Crippen LogP contribution in [0.5, 0.6) is 0 Å². The quantitative estimate of drug-likeness (QED) is 0.744. The molecule has 3 rings (SSSR count). The highest BCUT2D eigenvalue weighted by atomic mass is 79.9. The molecule has 1 aliphatic heterocycles. The first kappa shape index (κ1) is 16.6. The van der Waals surface area contributed by atoms with Crippen LogP contribution in [0.25, 0.3) is 0 Å². The molecule has 1 aromatic heterocycles. The van der Waals surface area contributed by atoms with Gasteiger partial charge >= 0.3 is 0 Å². The third kappa shape index (κ3) is 3.05. The average molecular weight is 416 g/mol. The Hall–Kier alpha value is -1.30. The second-order valence-electron chi connectivity index (χ2n) is 5.51. The van der Waals surface area contributed by atoms with Gasteiger partial charge < -0.3 is 9.47 Å². The molecule has 7 heteroatoms. The molecule has 0 saturated carbocycles. The fourth-order valence-electron chi connectivity index (χ4n) is 2.69. The fraction of sp³-hybridized carbons (Fsp3) is 0.250. The van der Waals surface area contributed by atoms with Crippen molar-refractivity contribution in [3.05, 3.63) is 66.5 Å². The van der Waals surface area contributed by atoms with Crippen LogP contribution >= 0.6 is 39.1 Å². The summed E-state index contributed by atoms with van der Waals surface area (Å²) in [5, 5.41) is 0.942. The summed E-state index contributed by atoms with van der Waals surface area (Å²) in [4.78, 5) is 26.6. The first-order valence-electron chi connectivity index (χ1n) is 7.02. The van der Waals surface area contributed by atoms with Crippen molar-refractivity contribution < 1.29 is 4.79 Å².